The van der Waals surface area contributed by atoms with Gasteiger partial charge in [0, 0.05) is 16.2 Å². The summed E-state index contributed by atoms with van der Waals surface area (Å²) in [5.74, 6) is 1.97. The Morgan fingerprint density at radius 2 is 2.09 bits per heavy atom. The van der Waals surface area contributed by atoms with Gasteiger partial charge in [-0.3, -0.25) is 4.79 Å². The summed E-state index contributed by atoms with van der Waals surface area (Å²) >= 11 is 3.15. The summed E-state index contributed by atoms with van der Waals surface area (Å²) in [6.45, 7) is 1.95. The van der Waals surface area contributed by atoms with Crippen LogP contribution in [-0.2, 0) is 11.3 Å². The van der Waals surface area contributed by atoms with Crippen molar-refractivity contribution in [2.24, 2.45) is 0 Å². The number of hydrogen-bond acceptors (Lipinski definition) is 5. The van der Waals surface area contributed by atoms with E-state index >= 15 is 0 Å². The van der Waals surface area contributed by atoms with Crippen LogP contribution in [0.4, 0.5) is 0 Å². The third-order valence-corrected chi connectivity index (χ3v) is 5.00. The zero-order valence-electron chi connectivity index (χ0n) is 12.0. The van der Waals surface area contributed by atoms with Crippen LogP contribution in [0, 0.1) is 0 Å². The van der Waals surface area contributed by atoms with E-state index in [9.17, 15) is 4.79 Å². The van der Waals surface area contributed by atoms with E-state index in [0.717, 1.165) is 27.7 Å². The van der Waals surface area contributed by atoms with E-state index in [1.165, 1.54) is 11.8 Å². The summed E-state index contributed by atoms with van der Waals surface area (Å²) in [7, 11) is 0. The minimum atomic E-state index is 0.0329. The van der Waals surface area contributed by atoms with Crippen LogP contribution in [0.1, 0.15) is 11.3 Å². The number of thioether (sulfide) groups is 1. The van der Waals surface area contributed by atoms with Gasteiger partial charge in [-0.25, -0.2) is 0 Å². The molecule has 0 aliphatic carbocycles. The highest BCUT2D eigenvalue weighted by atomic mass is 32.2. The molecule has 1 aromatic heterocycles. The van der Waals surface area contributed by atoms with Gasteiger partial charge in [0.2, 0.25) is 5.91 Å². The predicted octanol–water partition coefficient (Wildman–Crippen LogP) is 3.32. The number of thiophene rings is 1. The molecule has 0 fully saturated rings. The molecule has 4 nitrogen and oxygen atoms in total. The molecule has 0 atom stereocenters. The maximum Gasteiger partial charge on any atom is 0.230 e. The number of ether oxygens (including phenoxy) is 2. The van der Waals surface area contributed by atoms with E-state index in [4.69, 9.17) is 9.47 Å². The topological polar surface area (TPSA) is 47.6 Å². The number of hydrogen-bond donors (Lipinski definition) is 1. The number of carbonyl (C=O) groups excluding carboxylic acids is 1. The molecule has 2 aromatic rings. The first-order chi connectivity index (χ1) is 10.8. The summed E-state index contributed by atoms with van der Waals surface area (Å²) in [5, 5.41) is 4.93. The molecule has 1 N–H and O–H groups in total. The van der Waals surface area contributed by atoms with E-state index < -0.39 is 0 Å². The van der Waals surface area contributed by atoms with Crippen molar-refractivity contribution in [1.82, 2.24) is 5.32 Å². The summed E-state index contributed by atoms with van der Waals surface area (Å²) in [4.78, 5) is 14.0. The molecule has 0 saturated heterocycles. The third-order valence-electron chi connectivity index (χ3n) is 3.13. The van der Waals surface area contributed by atoms with Crippen LogP contribution in [-0.4, -0.2) is 24.9 Å². The molecule has 1 aliphatic heterocycles. The summed E-state index contributed by atoms with van der Waals surface area (Å²) in [6, 6.07) is 9.82. The lowest BCUT2D eigenvalue weighted by molar-refractivity contribution is -0.118. The van der Waals surface area contributed by atoms with Crippen molar-refractivity contribution in [2.45, 2.75) is 17.9 Å². The van der Waals surface area contributed by atoms with Gasteiger partial charge >= 0.3 is 0 Å². The second-order valence-electron chi connectivity index (χ2n) is 4.80. The average Bonchev–Trinajstić information content (AvgIpc) is 2.95. The summed E-state index contributed by atoms with van der Waals surface area (Å²) in [5.41, 5.74) is 0. The Kier molecular flexibility index (Phi) is 5.24. The van der Waals surface area contributed by atoms with Crippen molar-refractivity contribution in [1.29, 1.82) is 0 Å². The Bertz CT molecular complexity index is 628. The van der Waals surface area contributed by atoms with Crippen LogP contribution in [0.5, 0.6) is 11.5 Å². The number of amides is 1. The maximum absolute atomic E-state index is 11.9. The van der Waals surface area contributed by atoms with Crippen molar-refractivity contribution in [3.8, 4) is 11.5 Å². The number of fused-ring (bicyclic) bond motifs is 1. The summed E-state index contributed by atoms with van der Waals surface area (Å²) < 4.78 is 11.3. The SMILES string of the molecule is O=C(CSc1ccc2c(c1)OCCCO2)NCc1cccs1. The highest BCUT2D eigenvalue weighted by Gasteiger charge is 2.11. The average molecular weight is 335 g/mol. The fraction of sp³-hybridized carbons (Fsp3) is 0.312. The van der Waals surface area contributed by atoms with Crippen molar-refractivity contribution < 1.29 is 14.3 Å². The zero-order chi connectivity index (χ0) is 15.2. The minimum absolute atomic E-state index is 0.0329. The van der Waals surface area contributed by atoms with E-state index in [1.54, 1.807) is 11.3 Å². The molecule has 0 radical (unpaired) electrons. The second kappa shape index (κ2) is 7.56. The quantitative estimate of drug-likeness (QED) is 0.852. The van der Waals surface area contributed by atoms with Gasteiger partial charge in [-0.2, -0.15) is 0 Å². The largest absolute Gasteiger partial charge is 0.490 e. The first-order valence-electron chi connectivity index (χ1n) is 7.13. The molecule has 0 saturated carbocycles. The van der Waals surface area contributed by atoms with E-state index in [-0.39, 0.29) is 5.91 Å². The van der Waals surface area contributed by atoms with Gasteiger partial charge in [0.1, 0.15) is 0 Å². The van der Waals surface area contributed by atoms with Crippen LogP contribution in [0.2, 0.25) is 0 Å². The smallest absolute Gasteiger partial charge is 0.230 e. The molecule has 0 spiro atoms. The molecule has 116 valence electrons. The Morgan fingerprint density at radius 3 is 2.91 bits per heavy atom. The van der Waals surface area contributed by atoms with Crippen LogP contribution in [0.15, 0.2) is 40.6 Å². The molecular formula is C16H17NO3S2. The van der Waals surface area contributed by atoms with Gasteiger partial charge in [-0.15, -0.1) is 23.1 Å². The third kappa shape index (κ3) is 4.18. The lowest BCUT2D eigenvalue weighted by atomic mass is 10.3. The molecule has 22 heavy (non-hydrogen) atoms. The van der Waals surface area contributed by atoms with Gasteiger partial charge in [0.15, 0.2) is 11.5 Å². The standard InChI is InChI=1S/C16H17NO3S2/c18-16(17-10-13-3-1-8-21-13)11-22-12-4-5-14-15(9-12)20-7-2-6-19-14/h1,3-5,8-9H,2,6-7,10-11H2,(H,17,18). The second-order valence-corrected chi connectivity index (χ2v) is 6.88. The molecule has 0 bridgehead atoms. The Balaban J connectivity index is 1.50. The minimum Gasteiger partial charge on any atom is -0.490 e. The first kappa shape index (κ1) is 15.2. The van der Waals surface area contributed by atoms with Crippen LogP contribution in [0.3, 0.4) is 0 Å². The molecule has 3 rings (SSSR count). The summed E-state index contributed by atoms with van der Waals surface area (Å²) in [6.07, 6.45) is 0.891. The molecule has 1 amide bonds. The van der Waals surface area contributed by atoms with Gasteiger partial charge < -0.3 is 14.8 Å². The molecular weight excluding hydrogens is 318 g/mol. The van der Waals surface area contributed by atoms with E-state index in [2.05, 4.69) is 5.32 Å². The Hall–Kier alpha value is -1.66. The normalized spacial score (nSPS) is 13.5. The number of benzene rings is 1. The highest BCUT2D eigenvalue weighted by Crippen LogP contribution is 2.33. The molecule has 0 unspecified atom stereocenters. The lowest BCUT2D eigenvalue weighted by Gasteiger charge is -2.09. The van der Waals surface area contributed by atoms with Crippen molar-refractivity contribution in [3.63, 3.8) is 0 Å². The van der Waals surface area contributed by atoms with E-state index in [1.807, 2.05) is 35.7 Å². The lowest BCUT2D eigenvalue weighted by Crippen LogP contribution is -2.24. The van der Waals surface area contributed by atoms with Crippen LogP contribution >= 0.6 is 23.1 Å². The van der Waals surface area contributed by atoms with Gasteiger partial charge in [0.05, 0.1) is 25.5 Å². The monoisotopic (exact) mass is 335 g/mol. The van der Waals surface area contributed by atoms with Crippen LogP contribution in [0.25, 0.3) is 0 Å². The van der Waals surface area contributed by atoms with Crippen LogP contribution < -0.4 is 14.8 Å². The molecule has 1 aromatic carbocycles. The zero-order valence-corrected chi connectivity index (χ0v) is 13.7. The number of nitrogens with one attached hydrogen (secondary N) is 1. The van der Waals surface area contributed by atoms with Crippen molar-refractivity contribution in [3.05, 3.63) is 40.6 Å². The fourth-order valence-corrected chi connectivity index (χ4v) is 3.43. The molecule has 2 heterocycles. The Labute approximate surface area is 137 Å². The van der Waals surface area contributed by atoms with Gasteiger partial charge in [-0.05, 0) is 29.6 Å². The van der Waals surface area contributed by atoms with Crippen molar-refractivity contribution >= 4 is 29.0 Å². The predicted molar refractivity (Wildman–Crippen MR) is 88.9 cm³/mol. The van der Waals surface area contributed by atoms with Gasteiger partial charge in [0.25, 0.3) is 0 Å². The highest BCUT2D eigenvalue weighted by molar-refractivity contribution is 8.00. The first-order valence-corrected chi connectivity index (χ1v) is 8.99. The number of carbonyl (C=O) groups is 1. The maximum atomic E-state index is 11.9. The van der Waals surface area contributed by atoms with E-state index in [0.29, 0.717) is 25.5 Å². The Morgan fingerprint density at radius 1 is 1.23 bits per heavy atom. The number of rotatable bonds is 5. The fourth-order valence-electron chi connectivity index (χ4n) is 2.03. The van der Waals surface area contributed by atoms with Crippen molar-refractivity contribution in [2.75, 3.05) is 19.0 Å². The molecule has 6 heteroatoms. The van der Waals surface area contributed by atoms with Gasteiger partial charge in [-0.1, -0.05) is 6.07 Å². The molecule has 1 aliphatic rings.